The summed E-state index contributed by atoms with van der Waals surface area (Å²) in [7, 11) is -1.44. The van der Waals surface area contributed by atoms with Crippen LogP contribution in [0.2, 0.25) is 0 Å². The molecule has 3 unspecified atom stereocenters. The number of hydrogen-bond acceptors (Lipinski definition) is 6. The summed E-state index contributed by atoms with van der Waals surface area (Å²) in [6.07, 6.45) is 0. The minimum atomic E-state index is -1.44. The SMILES string of the molecule is CC1(CBr)[C@H](C(=O)OCc2ccc([N+](=O)[O-])cc2)N2C(=O)C(Br)[C@H]2S1=O. The molecule has 1 amide bonds. The Balaban J connectivity index is 1.75. The predicted molar refractivity (Wildman–Crippen MR) is 100 cm³/mol. The lowest BCUT2D eigenvalue weighted by molar-refractivity contribution is -0.384. The van der Waals surface area contributed by atoms with Crippen molar-refractivity contribution in [3.63, 3.8) is 0 Å². The summed E-state index contributed by atoms with van der Waals surface area (Å²) in [5.41, 5.74) is 0.518. The van der Waals surface area contributed by atoms with Crippen LogP contribution in [0.5, 0.6) is 0 Å². The molecule has 1 aromatic rings. The Morgan fingerprint density at radius 2 is 2.04 bits per heavy atom. The summed E-state index contributed by atoms with van der Waals surface area (Å²) in [5.74, 6) is -0.931. The van der Waals surface area contributed by atoms with Gasteiger partial charge in [0.25, 0.3) is 5.69 Å². The maximum absolute atomic E-state index is 12.8. The van der Waals surface area contributed by atoms with Crippen LogP contribution in [0.15, 0.2) is 24.3 Å². The van der Waals surface area contributed by atoms with Gasteiger partial charge < -0.3 is 9.64 Å². The van der Waals surface area contributed by atoms with Crippen molar-refractivity contribution in [1.29, 1.82) is 0 Å². The molecule has 0 aliphatic carbocycles. The molecule has 8 nitrogen and oxygen atoms in total. The van der Waals surface area contributed by atoms with E-state index in [0.717, 1.165) is 0 Å². The number of non-ortho nitro benzene ring substituents is 1. The molecule has 0 spiro atoms. The highest BCUT2D eigenvalue weighted by Crippen LogP contribution is 2.47. The molecule has 2 saturated heterocycles. The molecular formula is C15H14Br2N2O6S. The smallest absolute Gasteiger partial charge is 0.330 e. The summed E-state index contributed by atoms with van der Waals surface area (Å²) in [6, 6.07) is 4.68. The van der Waals surface area contributed by atoms with Crippen LogP contribution in [0.1, 0.15) is 12.5 Å². The van der Waals surface area contributed by atoms with E-state index in [-0.39, 0.29) is 23.5 Å². The summed E-state index contributed by atoms with van der Waals surface area (Å²) in [5, 5.41) is 10.4. The van der Waals surface area contributed by atoms with Crippen molar-refractivity contribution in [3.8, 4) is 0 Å². The van der Waals surface area contributed by atoms with E-state index in [1.807, 2.05) is 0 Å². The number of alkyl halides is 2. The molecule has 0 saturated carbocycles. The van der Waals surface area contributed by atoms with Crippen LogP contribution in [-0.4, -0.2) is 52.2 Å². The van der Waals surface area contributed by atoms with Gasteiger partial charge in [0.15, 0.2) is 0 Å². The first kappa shape index (κ1) is 19.4. The average Bonchev–Trinajstić information content (AvgIpc) is 2.85. The number of benzene rings is 1. The molecular weight excluding hydrogens is 496 g/mol. The first-order valence-electron chi connectivity index (χ1n) is 7.55. The van der Waals surface area contributed by atoms with E-state index < -0.39 is 42.7 Å². The number of nitro groups is 1. The van der Waals surface area contributed by atoms with Gasteiger partial charge in [0.05, 0.1) is 20.5 Å². The van der Waals surface area contributed by atoms with Crippen molar-refractivity contribution in [2.75, 3.05) is 5.33 Å². The second-order valence-corrected chi connectivity index (χ2v) is 9.77. The molecule has 0 radical (unpaired) electrons. The van der Waals surface area contributed by atoms with Crippen LogP contribution in [-0.2, 0) is 31.7 Å². The van der Waals surface area contributed by atoms with Gasteiger partial charge in [-0.05, 0) is 24.6 Å². The molecule has 0 N–H and O–H groups in total. The fourth-order valence-corrected chi connectivity index (χ4v) is 6.97. The first-order valence-corrected chi connectivity index (χ1v) is 10.8. The van der Waals surface area contributed by atoms with Gasteiger partial charge in [0, 0.05) is 17.5 Å². The van der Waals surface area contributed by atoms with Crippen molar-refractivity contribution in [2.24, 2.45) is 0 Å². The highest BCUT2D eigenvalue weighted by Gasteiger charge is 2.68. The van der Waals surface area contributed by atoms with Gasteiger partial charge >= 0.3 is 5.97 Å². The molecule has 5 atom stereocenters. The molecule has 3 rings (SSSR count). The Kier molecular flexibility index (Phi) is 5.24. The summed E-state index contributed by atoms with van der Waals surface area (Å²) < 4.78 is 17.1. The fraction of sp³-hybridized carbons (Fsp3) is 0.467. The normalized spacial score (nSPS) is 32.7. The fourth-order valence-electron chi connectivity index (χ4n) is 3.05. The number of carbonyl (C=O) groups excluding carboxylic acids is 2. The van der Waals surface area contributed by atoms with Crippen molar-refractivity contribution >= 4 is 60.2 Å². The first-order chi connectivity index (χ1) is 12.2. The van der Waals surface area contributed by atoms with E-state index in [9.17, 15) is 23.9 Å². The number of carbonyl (C=O) groups is 2. The average molecular weight is 510 g/mol. The van der Waals surface area contributed by atoms with Gasteiger partial charge in [0.1, 0.15) is 22.8 Å². The highest BCUT2D eigenvalue weighted by molar-refractivity contribution is 9.10. The van der Waals surface area contributed by atoms with Crippen LogP contribution < -0.4 is 0 Å². The van der Waals surface area contributed by atoms with Crippen LogP contribution in [0.25, 0.3) is 0 Å². The van der Waals surface area contributed by atoms with E-state index in [1.165, 1.54) is 29.2 Å². The van der Waals surface area contributed by atoms with E-state index in [0.29, 0.717) is 5.56 Å². The van der Waals surface area contributed by atoms with Crippen molar-refractivity contribution in [2.45, 2.75) is 34.5 Å². The zero-order valence-electron chi connectivity index (χ0n) is 13.5. The number of β-lactam (4-membered cyclic amide) rings is 1. The van der Waals surface area contributed by atoms with E-state index in [4.69, 9.17) is 4.74 Å². The molecule has 26 heavy (non-hydrogen) atoms. The number of amides is 1. The zero-order valence-corrected chi connectivity index (χ0v) is 17.5. The van der Waals surface area contributed by atoms with Crippen LogP contribution >= 0.6 is 31.9 Å². The Morgan fingerprint density at radius 3 is 2.58 bits per heavy atom. The number of nitrogens with zero attached hydrogens (tertiary/aromatic N) is 2. The highest BCUT2D eigenvalue weighted by atomic mass is 79.9. The van der Waals surface area contributed by atoms with Gasteiger partial charge in [-0.25, -0.2) is 4.79 Å². The molecule has 2 aliphatic rings. The second kappa shape index (κ2) is 7.01. The third-order valence-corrected chi connectivity index (χ3v) is 9.57. The third-order valence-electron chi connectivity index (χ3n) is 4.57. The molecule has 140 valence electrons. The molecule has 2 heterocycles. The Labute approximate surface area is 168 Å². The summed E-state index contributed by atoms with van der Waals surface area (Å²) in [4.78, 5) is 35.7. The lowest BCUT2D eigenvalue weighted by Gasteiger charge is -2.40. The van der Waals surface area contributed by atoms with Crippen molar-refractivity contribution < 1.29 is 23.5 Å². The van der Waals surface area contributed by atoms with Gasteiger partial charge in [-0.3, -0.25) is 19.1 Å². The van der Waals surface area contributed by atoms with Crippen LogP contribution in [0, 0.1) is 10.1 Å². The summed E-state index contributed by atoms with van der Waals surface area (Å²) >= 11 is 6.52. The number of hydrogen-bond donors (Lipinski definition) is 0. The standard InChI is InChI=1S/C15H14Br2N2O6S/c1-15(7-16)11(18-12(20)10(17)13(18)26(15)24)14(21)25-6-8-2-4-9(5-3-8)19(22)23/h2-5,10-11,13H,6-7H2,1H3/t10?,11-,13+,15?,26?/m0/s1. The molecule has 2 fully saturated rings. The van der Waals surface area contributed by atoms with Crippen LogP contribution in [0.4, 0.5) is 5.69 Å². The predicted octanol–water partition coefficient (Wildman–Crippen LogP) is 1.85. The van der Waals surface area contributed by atoms with Gasteiger partial charge in [-0.2, -0.15) is 0 Å². The number of fused-ring (bicyclic) bond motifs is 1. The monoisotopic (exact) mass is 508 g/mol. The van der Waals surface area contributed by atoms with Gasteiger partial charge in [0.2, 0.25) is 5.91 Å². The van der Waals surface area contributed by atoms with Crippen LogP contribution in [0.3, 0.4) is 0 Å². The molecule has 2 aliphatic heterocycles. The minimum Gasteiger partial charge on any atom is -0.459 e. The van der Waals surface area contributed by atoms with Gasteiger partial charge in [-0.15, -0.1) is 0 Å². The second-order valence-electron chi connectivity index (χ2n) is 6.22. The lowest BCUT2D eigenvalue weighted by atomic mass is 9.98. The number of halogens is 2. The van der Waals surface area contributed by atoms with Crippen molar-refractivity contribution in [3.05, 3.63) is 39.9 Å². The molecule has 11 heteroatoms. The Morgan fingerprint density at radius 1 is 1.42 bits per heavy atom. The Bertz CT molecular complexity index is 804. The minimum absolute atomic E-state index is 0.0597. The van der Waals surface area contributed by atoms with E-state index in [2.05, 4.69) is 31.9 Å². The summed E-state index contributed by atoms with van der Waals surface area (Å²) in [6.45, 7) is 1.59. The topological polar surface area (TPSA) is 107 Å². The number of rotatable bonds is 5. The van der Waals surface area contributed by atoms with Crippen molar-refractivity contribution in [1.82, 2.24) is 4.90 Å². The van der Waals surface area contributed by atoms with E-state index in [1.54, 1.807) is 6.92 Å². The third kappa shape index (κ3) is 2.89. The van der Waals surface area contributed by atoms with Gasteiger partial charge in [-0.1, -0.05) is 31.9 Å². The molecule has 0 aromatic heterocycles. The molecule has 1 aromatic carbocycles. The zero-order chi connectivity index (χ0) is 19.2. The number of esters is 1. The maximum atomic E-state index is 12.8. The molecule has 0 bridgehead atoms. The number of nitro benzene ring substituents is 1. The Hall–Kier alpha value is -1.33. The quantitative estimate of drug-likeness (QED) is 0.197. The lowest BCUT2D eigenvalue weighted by Crippen LogP contribution is -2.64. The maximum Gasteiger partial charge on any atom is 0.330 e. The largest absolute Gasteiger partial charge is 0.459 e. The van der Waals surface area contributed by atoms with E-state index >= 15 is 0 Å². The number of ether oxygens (including phenoxy) is 1.